The van der Waals surface area contributed by atoms with E-state index >= 15 is 0 Å². The molecule has 3 N–H and O–H groups in total. The molecule has 1 aromatic heterocycles. The number of amides is 3. The topological polar surface area (TPSA) is 100 Å². The zero-order valence-electron chi connectivity index (χ0n) is 9.56. The fraction of sp³-hybridized carbons (Fsp3) is 0.364. The van der Waals surface area contributed by atoms with Gasteiger partial charge < -0.3 is 9.73 Å². The van der Waals surface area contributed by atoms with E-state index in [9.17, 15) is 14.4 Å². The number of furan rings is 1. The van der Waals surface area contributed by atoms with E-state index in [0.717, 1.165) is 0 Å². The highest BCUT2D eigenvalue weighted by Crippen LogP contribution is 2.10. The van der Waals surface area contributed by atoms with Crippen molar-refractivity contribution >= 4 is 17.7 Å². The van der Waals surface area contributed by atoms with Crippen LogP contribution in [0.1, 0.15) is 18.6 Å². The molecule has 1 aliphatic rings. The molecule has 0 unspecified atom stereocenters. The fourth-order valence-corrected chi connectivity index (χ4v) is 1.64. The smallest absolute Gasteiger partial charge is 0.251 e. The third-order valence-corrected chi connectivity index (χ3v) is 2.64. The standard InChI is InChI=1S/C11H13N3O4/c15-9(12-6-7-2-1-5-18-7)4-3-8-10(16)13-14-11(8)17/h1-2,5,8H,3-4,6H2,(H,12,15)(H,13,16)(H,14,17). The van der Waals surface area contributed by atoms with Crippen LogP contribution in [0.2, 0.25) is 0 Å². The average molecular weight is 251 g/mol. The van der Waals surface area contributed by atoms with Crippen LogP contribution in [0.4, 0.5) is 0 Å². The van der Waals surface area contributed by atoms with Gasteiger partial charge in [-0.1, -0.05) is 0 Å². The van der Waals surface area contributed by atoms with Gasteiger partial charge in [0.2, 0.25) is 5.91 Å². The minimum absolute atomic E-state index is 0.117. The fourth-order valence-electron chi connectivity index (χ4n) is 1.64. The summed E-state index contributed by atoms with van der Waals surface area (Å²) in [5, 5.41) is 2.64. The number of hydrazine groups is 1. The molecule has 1 saturated heterocycles. The van der Waals surface area contributed by atoms with Crippen molar-refractivity contribution in [1.29, 1.82) is 0 Å². The Morgan fingerprint density at radius 3 is 2.67 bits per heavy atom. The van der Waals surface area contributed by atoms with Crippen molar-refractivity contribution in [2.45, 2.75) is 19.4 Å². The summed E-state index contributed by atoms with van der Waals surface area (Å²) in [5.41, 5.74) is 4.42. The first-order chi connectivity index (χ1) is 8.66. The zero-order valence-corrected chi connectivity index (χ0v) is 9.56. The Bertz CT molecular complexity index is 439. The molecule has 0 saturated carbocycles. The summed E-state index contributed by atoms with van der Waals surface area (Å²) in [6.45, 7) is 0.300. The second kappa shape index (κ2) is 5.35. The Labute approximate surface area is 103 Å². The van der Waals surface area contributed by atoms with Gasteiger partial charge in [0, 0.05) is 6.42 Å². The molecule has 96 valence electrons. The molecular formula is C11H13N3O4. The highest BCUT2D eigenvalue weighted by molar-refractivity contribution is 6.05. The second-order valence-corrected chi connectivity index (χ2v) is 3.93. The summed E-state index contributed by atoms with van der Waals surface area (Å²) < 4.78 is 5.05. The van der Waals surface area contributed by atoms with Gasteiger partial charge >= 0.3 is 0 Å². The molecule has 0 aromatic carbocycles. The lowest BCUT2D eigenvalue weighted by Crippen LogP contribution is -2.28. The van der Waals surface area contributed by atoms with Crippen molar-refractivity contribution in [1.82, 2.24) is 16.2 Å². The van der Waals surface area contributed by atoms with Crippen LogP contribution in [0.15, 0.2) is 22.8 Å². The average Bonchev–Trinajstić information content (AvgIpc) is 2.96. The molecule has 0 radical (unpaired) electrons. The van der Waals surface area contributed by atoms with Crippen LogP contribution in [0.25, 0.3) is 0 Å². The van der Waals surface area contributed by atoms with Gasteiger partial charge in [0.15, 0.2) is 0 Å². The first-order valence-electron chi connectivity index (χ1n) is 5.55. The monoisotopic (exact) mass is 251 g/mol. The largest absolute Gasteiger partial charge is 0.467 e. The normalized spacial score (nSPS) is 15.3. The quantitative estimate of drug-likeness (QED) is 0.611. The third-order valence-electron chi connectivity index (χ3n) is 2.64. The molecule has 0 spiro atoms. The highest BCUT2D eigenvalue weighted by atomic mass is 16.3. The zero-order chi connectivity index (χ0) is 13.0. The van der Waals surface area contributed by atoms with Gasteiger partial charge in [-0.15, -0.1) is 0 Å². The Hall–Kier alpha value is -2.31. The van der Waals surface area contributed by atoms with Crippen LogP contribution in [0.3, 0.4) is 0 Å². The Kier molecular flexibility index (Phi) is 3.61. The molecule has 0 atom stereocenters. The van der Waals surface area contributed by atoms with E-state index in [1.165, 1.54) is 6.26 Å². The van der Waals surface area contributed by atoms with E-state index in [2.05, 4.69) is 16.2 Å². The molecule has 7 nitrogen and oxygen atoms in total. The molecule has 1 fully saturated rings. The van der Waals surface area contributed by atoms with Crippen molar-refractivity contribution in [3.05, 3.63) is 24.2 Å². The number of hydrogen-bond donors (Lipinski definition) is 3. The Morgan fingerprint density at radius 1 is 1.33 bits per heavy atom. The molecular weight excluding hydrogens is 238 g/mol. The third kappa shape index (κ3) is 2.88. The van der Waals surface area contributed by atoms with Crippen LogP contribution in [0.5, 0.6) is 0 Å². The molecule has 7 heteroatoms. The lowest BCUT2D eigenvalue weighted by molar-refractivity contribution is -0.128. The van der Waals surface area contributed by atoms with Gasteiger partial charge in [-0.25, -0.2) is 0 Å². The van der Waals surface area contributed by atoms with Gasteiger partial charge in [0.1, 0.15) is 11.7 Å². The van der Waals surface area contributed by atoms with Gasteiger partial charge in [-0.2, -0.15) is 0 Å². The minimum atomic E-state index is -0.778. The molecule has 3 amide bonds. The predicted octanol–water partition coefficient (Wildman–Crippen LogP) is -0.547. The van der Waals surface area contributed by atoms with Crippen LogP contribution < -0.4 is 16.2 Å². The summed E-state index contributed by atoms with van der Waals surface area (Å²) in [6.07, 6.45) is 1.84. The molecule has 2 heterocycles. The number of nitrogens with one attached hydrogen (secondary N) is 3. The molecule has 18 heavy (non-hydrogen) atoms. The van der Waals surface area contributed by atoms with Crippen molar-refractivity contribution in [3.63, 3.8) is 0 Å². The predicted molar refractivity (Wildman–Crippen MR) is 59.6 cm³/mol. The van der Waals surface area contributed by atoms with Crippen molar-refractivity contribution in [2.75, 3.05) is 0 Å². The van der Waals surface area contributed by atoms with E-state index in [0.29, 0.717) is 12.3 Å². The van der Waals surface area contributed by atoms with Gasteiger partial charge in [-0.3, -0.25) is 25.2 Å². The number of hydrogen-bond acceptors (Lipinski definition) is 4. The van der Waals surface area contributed by atoms with E-state index in [1.807, 2.05) is 0 Å². The molecule has 1 aliphatic heterocycles. The number of carbonyl (C=O) groups excluding carboxylic acids is 3. The van der Waals surface area contributed by atoms with E-state index in [-0.39, 0.29) is 30.6 Å². The summed E-state index contributed by atoms with van der Waals surface area (Å²) in [6, 6.07) is 3.48. The maximum Gasteiger partial charge on any atom is 0.251 e. The summed E-state index contributed by atoms with van der Waals surface area (Å²) in [7, 11) is 0. The van der Waals surface area contributed by atoms with E-state index in [1.54, 1.807) is 12.1 Å². The van der Waals surface area contributed by atoms with Gasteiger partial charge in [0.25, 0.3) is 11.8 Å². The summed E-state index contributed by atoms with van der Waals surface area (Å²) >= 11 is 0. The Balaban J connectivity index is 1.71. The maximum absolute atomic E-state index is 11.5. The molecule has 0 bridgehead atoms. The van der Waals surface area contributed by atoms with Gasteiger partial charge in [-0.05, 0) is 18.6 Å². The maximum atomic E-state index is 11.5. The molecule has 0 aliphatic carbocycles. The van der Waals surface area contributed by atoms with Crippen LogP contribution >= 0.6 is 0 Å². The summed E-state index contributed by atoms with van der Waals surface area (Å²) in [4.78, 5) is 33.9. The molecule has 1 aromatic rings. The Morgan fingerprint density at radius 2 is 2.06 bits per heavy atom. The molecule has 2 rings (SSSR count). The number of rotatable bonds is 5. The highest BCUT2D eigenvalue weighted by Gasteiger charge is 2.32. The first-order valence-corrected chi connectivity index (χ1v) is 5.55. The van der Waals surface area contributed by atoms with Crippen molar-refractivity contribution < 1.29 is 18.8 Å². The van der Waals surface area contributed by atoms with Crippen molar-refractivity contribution in [3.8, 4) is 0 Å². The number of carbonyl (C=O) groups is 3. The van der Waals surface area contributed by atoms with Crippen molar-refractivity contribution in [2.24, 2.45) is 5.92 Å². The first kappa shape index (κ1) is 12.2. The van der Waals surface area contributed by atoms with Gasteiger partial charge in [0.05, 0.1) is 12.8 Å². The van der Waals surface area contributed by atoms with Crippen LogP contribution in [0, 0.1) is 5.92 Å². The lowest BCUT2D eigenvalue weighted by atomic mass is 10.0. The lowest BCUT2D eigenvalue weighted by Gasteiger charge is -2.05. The van der Waals surface area contributed by atoms with Crippen LogP contribution in [-0.2, 0) is 20.9 Å². The van der Waals surface area contributed by atoms with E-state index < -0.39 is 5.92 Å². The minimum Gasteiger partial charge on any atom is -0.467 e. The second-order valence-electron chi connectivity index (χ2n) is 3.93. The van der Waals surface area contributed by atoms with Crippen LogP contribution in [-0.4, -0.2) is 17.7 Å². The summed E-state index contributed by atoms with van der Waals surface area (Å²) in [5.74, 6) is -1.13. The SMILES string of the molecule is O=C(CCC1C(=O)NNC1=O)NCc1ccco1. The van der Waals surface area contributed by atoms with E-state index in [4.69, 9.17) is 4.42 Å².